The maximum Gasteiger partial charge on any atom is 0.364 e. The molecular formula is C54H98N2O21. The first kappa shape index (κ1) is 68.7. The standard InChI is InChI=1S/C54H98N2O21/c1-4-6-8-10-12-14-16-17-18-19-21-23-25-27-36(61)35(56-41(64)28-26-24-22-20-15-13-11-9-7-5-2)33-72-51-46(68)45(67)48(40(32-59)74-51)75-52-47(69)50(44(66)39(31-58)73-52)77-54(53(70)71)29-37(62)42(55-34(3)60)49(76-54)43(65)38(63)30-57/h25,27,35-40,42-52,57-59,61-63,65-69H,4-24,26,28-33H2,1-3H3,(H,55,60)(H,56,64)(H,70,71)/b27-25+. The van der Waals surface area contributed by atoms with Crippen molar-refractivity contribution in [2.24, 2.45) is 0 Å². The predicted octanol–water partition coefficient (Wildman–Crippen LogP) is 1.21. The molecule has 77 heavy (non-hydrogen) atoms. The summed E-state index contributed by atoms with van der Waals surface area (Å²) < 4.78 is 34.6. The van der Waals surface area contributed by atoms with Crippen LogP contribution in [0, 0.1) is 0 Å². The minimum atomic E-state index is -3.08. The van der Waals surface area contributed by atoms with Gasteiger partial charge in [0.25, 0.3) is 5.79 Å². The Morgan fingerprint density at radius 1 is 0.675 bits per heavy atom. The molecule has 3 rings (SSSR count). The second-order valence-corrected chi connectivity index (χ2v) is 21.2. The lowest BCUT2D eigenvalue weighted by molar-refractivity contribution is -0.386. The maximum absolute atomic E-state index is 13.3. The van der Waals surface area contributed by atoms with Crippen LogP contribution in [0.1, 0.15) is 175 Å². The molecule has 0 aromatic rings. The van der Waals surface area contributed by atoms with Crippen LogP contribution in [0.4, 0.5) is 0 Å². The van der Waals surface area contributed by atoms with Gasteiger partial charge in [-0.25, -0.2) is 4.79 Å². The summed E-state index contributed by atoms with van der Waals surface area (Å²) in [7, 11) is 0. The summed E-state index contributed by atoms with van der Waals surface area (Å²) in [6.07, 6.45) is -1.21. The van der Waals surface area contributed by atoms with Crippen molar-refractivity contribution < 1.29 is 104 Å². The fourth-order valence-electron chi connectivity index (χ4n) is 10.1. The van der Waals surface area contributed by atoms with Crippen molar-refractivity contribution in [3.05, 3.63) is 12.2 Å². The van der Waals surface area contributed by atoms with Gasteiger partial charge in [-0.1, -0.05) is 148 Å². The SMILES string of the molecule is CCCCCCCCCCCCC/C=C/C(O)C(COC1OC(CO)C(OC2OC(CO)C(O)C(OC3(C(=O)O)CC(O)C(NC(C)=O)C(C(O)C(O)CO)O3)C2O)C(O)C1O)NC(=O)CCCCCCCCCCCC. The lowest BCUT2D eigenvalue weighted by Gasteiger charge is -2.50. The van der Waals surface area contributed by atoms with E-state index in [2.05, 4.69) is 24.5 Å². The number of nitrogens with one attached hydrogen (secondary N) is 2. The lowest BCUT2D eigenvalue weighted by Crippen LogP contribution is -2.70. The normalized spacial score (nSPS) is 31.4. The second-order valence-electron chi connectivity index (χ2n) is 21.2. The Kier molecular flexibility index (Phi) is 33.5. The number of aliphatic carboxylic acids is 1. The molecule has 3 fully saturated rings. The van der Waals surface area contributed by atoms with Crippen LogP contribution in [0.2, 0.25) is 0 Å². The van der Waals surface area contributed by atoms with Crippen molar-refractivity contribution >= 4 is 17.8 Å². The Labute approximate surface area is 454 Å². The van der Waals surface area contributed by atoms with Crippen molar-refractivity contribution in [3.63, 3.8) is 0 Å². The van der Waals surface area contributed by atoms with E-state index in [1.807, 2.05) is 6.08 Å². The number of ether oxygens (including phenoxy) is 6. The number of allylic oxidation sites excluding steroid dienone is 1. The van der Waals surface area contributed by atoms with Crippen LogP contribution in [-0.2, 0) is 42.8 Å². The highest BCUT2D eigenvalue weighted by Gasteiger charge is 2.60. The molecule has 0 spiro atoms. The molecule has 2 amide bonds. The van der Waals surface area contributed by atoms with E-state index in [4.69, 9.17) is 28.4 Å². The van der Waals surface area contributed by atoms with Crippen molar-refractivity contribution in [1.29, 1.82) is 0 Å². The summed E-state index contributed by atoms with van der Waals surface area (Å²) >= 11 is 0. The van der Waals surface area contributed by atoms with Crippen LogP contribution in [0.25, 0.3) is 0 Å². The molecule has 0 saturated carbocycles. The average molecular weight is 1110 g/mol. The van der Waals surface area contributed by atoms with E-state index in [-0.39, 0.29) is 12.3 Å². The van der Waals surface area contributed by atoms with Gasteiger partial charge in [-0.3, -0.25) is 9.59 Å². The number of amides is 2. The number of aliphatic hydroxyl groups is 11. The molecule has 3 heterocycles. The van der Waals surface area contributed by atoms with Gasteiger partial charge in [0, 0.05) is 19.8 Å². The quantitative estimate of drug-likeness (QED) is 0.0303. The van der Waals surface area contributed by atoms with E-state index >= 15 is 0 Å². The van der Waals surface area contributed by atoms with E-state index < -0.39 is 155 Å². The van der Waals surface area contributed by atoms with Crippen molar-refractivity contribution in [1.82, 2.24) is 10.6 Å². The van der Waals surface area contributed by atoms with E-state index in [9.17, 15) is 75.7 Å². The van der Waals surface area contributed by atoms with Crippen LogP contribution < -0.4 is 10.6 Å². The minimum absolute atomic E-state index is 0.202. The van der Waals surface area contributed by atoms with Gasteiger partial charge >= 0.3 is 5.97 Å². The molecule has 0 radical (unpaired) electrons. The third-order valence-corrected chi connectivity index (χ3v) is 14.7. The van der Waals surface area contributed by atoms with Gasteiger partial charge < -0.3 is 100 Å². The number of carboxylic acids is 1. The van der Waals surface area contributed by atoms with Gasteiger partial charge in [-0.05, 0) is 19.3 Å². The molecule has 0 aliphatic carbocycles. The molecule has 14 N–H and O–H groups in total. The zero-order valence-corrected chi connectivity index (χ0v) is 45.8. The van der Waals surface area contributed by atoms with Crippen molar-refractivity contribution in [2.75, 3.05) is 26.4 Å². The smallest absolute Gasteiger partial charge is 0.364 e. The van der Waals surface area contributed by atoms with Gasteiger partial charge in [0.1, 0.15) is 67.1 Å². The number of hydrogen-bond donors (Lipinski definition) is 14. The first-order chi connectivity index (χ1) is 36.9. The maximum atomic E-state index is 13.3. The van der Waals surface area contributed by atoms with Crippen LogP contribution in [0.5, 0.6) is 0 Å². The van der Waals surface area contributed by atoms with Gasteiger partial charge in [-0.15, -0.1) is 0 Å². The van der Waals surface area contributed by atoms with Gasteiger partial charge in [0.15, 0.2) is 12.6 Å². The molecule has 0 bridgehead atoms. The number of carbonyl (C=O) groups is 3. The number of carboxylic acid groups (broad SMARTS) is 1. The van der Waals surface area contributed by atoms with Crippen LogP contribution in [0.15, 0.2) is 12.2 Å². The topological polar surface area (TPSA) is 373 Å². The zero-order valence-electron chi connectivity index (χ0n) is 45.8. The Bertz CT molecular complexity index is 1650. The Balaban J connectivity index is 1.71. The lowest BCUT2D eigenvalue weighted by atomic mass is 9.88. The number of unbranched alkanes of at least 4 members (excludes halogenated alkanes) is 20. The molecule has 450 valence electrons. The summed E-state index contributed by atoms with van der Waals surface area (Å²) in [6.45, 7) is 2.05. The minimum Gasteiger partial charge on any atom is -0.477 e. The molecular weight excluding hydrogens is 1010 g/mol. The van der Waals surface area contributed by atoms with Crippen LogP contribution in [0.3, 0.4) is 0 Å². The molecule has 3 aliphatic rings. The summed E-state index contributed by atoms with van der Waals surface area (Å²) in [5, 5.41) is 135. The molecule has 23 heteroatoms. The van der Waals surface area contributed by atoms with E-state index in [1.165, 1.54) is 83.5 Å². The fraction of sp³-hybridized carbons (Fsp3) is 0.907. The summed E-state index contributed by atoms with van der Waals surface area (Å²) in [5.41, 5.74) is 0. The summed E-state index contributed by atoms with van der Waals surface area (Å²) in [5.74, 6) is -6.14. The Morgan fingerprint density at radius 2 is 1.21 bits per heavy atom. The molecule has 0 aromatic heterocycles. The number of hydrogen-bond acceptors (Lipinski definition) is 20. The summed E-state index contributed by atoms with van der Waals surface area (Å²) in [4.78, 5) is 38.2. The van der Waals surface area contributed by atoms with Crippen molar-refractivity contribution in [3.8, 4) is 0 Å². The molecule has 18 atom stereocenters. The molecule has 3 saturated heterocycles. The number of carbonyl (C=O) groups excluding carboxylic acids is 2. The van der Waals surface area contributed by atoms with E-state index in [0.717, 1.165) is 51.9 Å². The number of rotatable bonds is 40. The second kappa shape index (κ2) is 37.5. The average Bonchev–Trinajstić information content (AvgIpc) is 3.40. The monoisotopic (exact) mass is 1110 g/mol. The predicted molar refractivity (Wildman–Crippen MR) is 278 cm³/mol. The highest BCUT2D eigenvalue weighted by molar-refractivity contribution is 5.77. The third-order valence-electron chi connectivity index (χ3n) is 14.7. The largest absolute Gasteiger partial charge is 0.477 e. The first-order valence-corrected chi connectivity index (χ1v) is 28.6. The van der Waals surface area contributed by atoms with Crippen LogP contribution in [-0.4, -0.2) is 215 Å². The highest BCUT2D eigenvalue weighted by atomic mass is 16.8. The van der Waals surface area contributed by atoms with E-state index in [0.29, 0.717) is 12.8 Å². The zero-order chi connectivity index (χ0) is 56.9. The molecule has 0 aromatic carbocycles. The third kappa shape index (κ3) is 22.7. The fourth-order valence-corrected chi connectivity index (χ4v) is 10.1. The highest BCUT2D eigenvalue weighted by Crippen LogP contribution is 2.38. The Hall–Kier alpha value is -2.53. The number of aliphatic hydroxyl groups excluding tert-OH is 11. The summed E-state index contributed by atoms with van der Waals surface area (Å²) in [6, 6.07) is -2.61. The van der Waals surface area contributed by atoms with Crippen LogP contribution >= 0.6 is 0 Å². The Morgan fingerprint density at radius 3 is 1.73 bits per heavy atom. The molecule has 18 unspecified atom stereocenters. The molecule has 23 nitrogen and oxygen atoms in total. The molecule has 3 aliphatic heterocycles. The van der Waals surface area contributed by atoms with E-state index in [1.54, 1.807) is 6.08 Å². The van der Waals surface area contributed by atoms with Gasteiger partial charge in [0.05, 0.1) is 50.7 Å². The van der Waals surface area contributed by atoms with Crippen molar-refractivity contribution in [2.45, 2.75) is 285 Å². The van der Waals surface area contributed by atoms with Gasteiger partial charge in [-0.2, -0.15) is 0 Å². The first-order valence-electron chi connectivity index (χ1n) is 28.6. The van der Waals surface area contributed by atoms with Gasteiger partial charge in [0.2, 0.25) is 11.8 Å².